The zero-order chi connectivity index (χ0) is 10.4. The molecule has 1 aromatic rings. The molecule has 1 aromatic heterocycles. The molecule has 0 spiro atoms. The molecule has 78 valence electrons. The van der Waals surface area contributed by atoms with Crippen LogP contribution in [-0.4, -0.2) is 22.5 Å². The van der Waals surface area contributed by atoms with Crippen LogP contribution in [0.5, 0.6) is 0 Å². The van der Waals surface area contributed by atoms with Crippen molar-refractivity contribution in [1.82, 2.24) is 4.98 Å². The van der Waals surface area contributed by atoms with Crippen LogP contribution in [0, 0.1) is 5.95 Å². The van der Waals surface area contributed by atoms with Crippen molar-refractivity contribution >= 4 is 17.4 Å². The van der Waals surface area contributed by atoms with E-state index in [1.807, 2.05) is 11.8 Å². The summed E-state index contributed by atoms with van der Waals surface area (Å²) in [5.74, 6) is 1.70. The Hall–Kier alpha value is -0.770. The maximum Gasteiger partial charge on any atom is 0.214 e. The van der Waals surface area contributed by atoms with E-state index in [4.69, 9.17) is 0 Å². The zero-order valence-corrected chi connectivity index (χ0v) is 9.27. The molecule has 0 aliphatic carbocycles. The third-order valence-electron chi connectivity index (χ3n) is 1.71. The van der Waals surface area contributed by atoms with Gasteiger partial charge in [-0.2, -0.15) is 16.2 Å². The Morgan fingerprint density at radius 2 is 2.43 bits per heavy atom. The van der Waals surface area contributed by atoms with Crippen molar-refractivity contribution in [1.29, 1.82) is 0 Å². The highest BCUT2D eigenvalue weighted by atomic mass is 32.2. The summed E-state index contributed by atoms with van der Waals surface area (Å²) < 4.78 is 12.7. The average molecular weight is 214 g/mol. The van der Waals surface area contributed by atoms with Gasteiger partial charge in [0.2, 0.25) is 5.95 Å². The van der Waals surface area contributed by atoms with Crippen LogP contribution in [0.2, 0.25) is 0 Å². The number of nitrogens with one attached hydrogen (secondary N) is 1. The first-order chi connectivity index (χ1) is 6.72. The Labute approximate surface area is 88.3 Å². The lowest BCUT2D eigenvalue weighted by Gasteiger charge is -2.13. The topological polar surface area (TPSA) is 24.9 Å². The average Bonchev–Trinajstić information content (AvgIpc) is 2.15. The first-order valence-corrected chi connectivity index (χ1v) is 5.83. The summed E-state index contributed by atoms with van der Waals surface area (Å²) in [5.41, 5.74) is 0.793. The van der Waals surface area contributed by atoms with Crippen LogP contribution in [0.1, 0.15) is 13.8 Å². The number of anilines is 1. The van der Waals surface area contributed by atoms with Gasteiger partial charge in [0.25, 0.3) is 0 Å². The second-order valence-corrected chi connectivity index (χ2v) is 4.39. The van der Waals surface area contributed by atoms with E-state index >= 15 is 0 Å². The summed E-state index contributed by atoms with van der Waals surface area (Å²) in [6, 6.07) is 3.53. The van der Waals surface area contributed by atoms with Crippen LogP contribution in [0.15, 0.2) is 18.3 Å². The van der Waals surface area contributed by atoms with Gasteiger partial charge in [-0.25, -0.2) is 4.98 Å². The lowest BCUT2D eigenvalue weighted by atomic mass is 10.3. The smallest absolute Gasteiger partial charge is 0.214 e. The van der Waals surface area contributed by atoms with Gasteiger partial charge >= 0.3 is 0 Å². The molecule has 14 heavy (non-hydrogen) atoms. The summed E-state index contributed by atoms with van der Waals surface area (Å²) in [6.07, 6.45) is 1.47. The Morgan fingerprint density at radius 1 is 1.64 bits per heavy atom. The molecule has 0 saturated heterocycles. The van der Waals surface area contributed by atoms with Crippen LogP contribution in [0.25, 0.3) is 0 Å². The first kappa shape index (κ1) is 11.3. The van der Waals surface area contributed by atoms with Gasteiger partial charge in [-0.15, -0.1) is 0 Å². The molecule has 1 N–H and O–H groups in total. The Balaban J connectivity index is 2.43. The van der Waals surface area contributed by atoms with Gasteiger partial charge in [0.15, 0.2) is 0 Å². The number of nitrogens with zero attached hydrogens (tertiary/aromatic N) is 1. The molecule has 0 amide bonds. The van der Waals surface area contributed by atoms with E-state index in [2.05, 4.69) is 24.1 Å². The minimum absolute atomic E-state index is 0.349. The lowest BCUT2D eigenvalue weighted by molar-refractivity contribution is 0.584. The van der Waals surface area contributed by atoms with Crippen molar-refractivity contribution in [2.24, 2.45) is 0 Å². The number of rotatable bonds is 5. The monoisotopic (exact) mass is 214 g/mol. The quantitative estimate of drug-likeness (QED) is 0.763. The van der Waals surface area contributed by atoms with Crippen LogP contribution in [0.3, 0.4) is 0 Å². The molecule has 1 heterocycles. The number of pyridine rings is 1. The molecule has 0 saturated carbocycles. The molecule has 0 bridgehead atoms. The molecule has 1 unspecified atom stereocenters. The molecule has 1 atom stereocenters. The van der Waals surface area contributed by atoms with E-state index in [0.29, 0.717) is 6.04 Å². The summed E-state index contributed by atoms with van der Waals surface area (Å²) >= 11 is 1.87. The van der Waals surface area contributed by atoms with E-state index in [-0.39, 0.29) is 0 Å². The highest BCUT2D eigenvalue weighted by Gasteiger charge is 2.02. The zero-order valence-electron chi connectivity index (χ0n) is 8.46. The van der Waals surface area contributed by atoms with Crippen LogP contribution in [-0.2, 0) is 0 Å². The molecule has 0 aliphatic rings. The molecular weight excluding hydrogens is 199 g/mol. The third-order valence-corrected chi connectivity index (χ3v) is 2.86. The summed E-state index contributed by atoms with van der Waals surface area (Å²) in [6.45, 7) is 4.21. The van der Waals surface area contributed by atoms with Gasteiger partial charge in [-0.1, -0.05) is 6.92 Å². The Morgan fingerprint density at radius 3 is 3.07 bits per heavy atom. The number of aromatic nitrogens is 1. The van der Waals surface area contributed by atoms with E-state index in [0.717, 1.165) is 17.2 Å². The van der Waals surface area contributed by atoms with Crippen LogP contribution in [0.4, 0.5) is 10.1 Å². The molecule has 0 fully saturated rings. The molecule has 1 rings (SSSR count). The van der Waals surface area contributed by atoms with E-state index in [1.165, 1.54) is 12.3 Å². The van der Waals surface area contributed by atoms with Gasteiger partial charge in [-0.05, 0) is 18.7 Å². The van der Waals surface area contributed by atoms with E-state index in [9.17, 15) is 4.39 Å². The summed E-state index contributed by atoms with van der Waals surface area (Å²) in [7, 11) is 0. The maximum atomic E-state index is 12.7. The number of thioether (sulfide) groups is 1. The summed E-state index contributed by atoms with van der Waals surface area (Å²) in [5, 5.41) is 3.22. The van der Waals surface area contributed by atoms with Crippen molar-refractivity contribution in [3.05, 3.63) is 24.3 Å². The predicted octanol–water partition coefficient (Wildman–Crippen LogP) is 2.77. The van der Waals surface area contributed by atoms with Gasteiger partial charge in [-0.3, -0.25) is 0 Å². The third kappa shape index (κ3) is 3.96. The van der Waals surface area contributed by atoms with Gasteiger partial charge in [0.1, 0.15) is 0 Å². The van der Waals surface area contributed by atoms with E-state index in [1.54, 1.807) is 6.07 Å². The largest absolute Gasteiger partial charge is 0.382 e. The molecule has 4 heteroatoms. The summed E-state index contributed by atoms with van der Waals surface area (Å²) in [4.78, 5) is 3.50. The fourth-order valence-electron chi connectivity index (χ4n) is 1.11. The molecular formula is C10H15FN2S. The second-order valence-electron chi connectivity index (χ2n) is 3.07. The lowest BCUT2D eigenvalue weighted by Crippen LogP contribution is -2.18. The SMILES string of the molecule is CCSCC(C)Nc1ccnc(F)c1. The Bertz CT molecular complexity index is 281. The van der Waals surface area contributed by atoms with Gasteiger partial charge < -0.3 is 5.32 Å². The van der Waals surface area contributed by atoms with Crippen molar-refractivity contribution in [2.75, 3.05) is 16.8 Å². The van der Waals surface area contributed by atoms with Crippen molar-refractivity contribution in [3.8, 4) is 0 Å². The molecule has 2 nitrogen and oxygen atoms in total. The van der Waals surface area contributed by atoms with Crippen molar-refractivity contribution < 1.29 is 4.39 Å². The second kappa shape index (κ2) is 5.86. The van der Waals surface area contributed by atoms with Crippen molar-refractivity contribution in [3.63, 3.8) is 0 Å². The highest BCUT2D eigenvalue weighted by molar-refractivity contribution is 7.99. The minimum atomic E-state index is -0.439. The first-order valence-electron chi connectivity index (χ1n) is 4.68. The normalized spacial score (nSPS) is 12.5. The predicted molar refractivity (Wildman–Crippen MR) is 60.3 cm³/mol. The standard InChI is InChI=1S/C10H15FN2S/c1-3-14-7-8(2)13-9-4-5-12-10(11)6-9/h4-6,8H,3,7H2,1-2H3,(H,12,13). The van der Waals surface area contributed by atoms with Crippen LogP contribution < -0.4 is 5.32 Å². The van der Waals surface area contributed by atoms with Crippen molar-refractivity contribution in [2.45, 2.75) is 19.9 Å². The molecule has 0 radical (unpaired) electrons. The number of halogens is 1. The minimum Gasteiger partial charge on any atom is -0.382 e. The van der Waals surface area contributed by atoms with E-state index < -0.39 is 5.95 Å². The Kier molecular flexibility index (Phi) is 4.73. The van der Waals surface area contributed by atoms with Gasteiger partial charge in [0, 0.05) is 29.7 Å². The fraction of sp³-hybridized carbons (Fsp3) is 0.500. The molecule has 0 aromatic carbocycles. The number of hydrogen-bond acceptors (Lipinski definition) is 3. The highest BCUT2D eigenvalue weighted by Crippen LogP contribution is 2.11. The molecule has 0 aliphatic heterocycles. The van der Waals surface area contributed by atoms with Crippen LogP contribution >= 0.6 is 11.8 Å². The van der Waals surface area contributed by atoms with Gasteiger partial charge in [0.05, 0.1) is 0 Å². The number of hydrogen-bond donors (Lipinski definition) is 1. The fourth-order valence-corrected chi connectivity index (χ4v) is 1.79. The maximum absolute atomic E-state index is 12.7.